The highest BCUT2D eigenvalue weighted by Crippen LogP contribution is 2.21. The molecule has 17 heavy (non-hydrogen) atoms. The summed E-state index contributed by atoms with van der Waals surface area (Å²) in [6, 6.07) is 14.2. The maximum atomic E-state index is 12.0. The predicted octanol–water partition coefficient (Wildman–Crippen LogP) is 3.71. The largest absolute Gasteiger partial charge is 0.305 e. The Bertz CT molecular complexity index is 557. The van der Waals surface area contributed by atoms with E-state index in [1.54, 1.807) is 0 Å². The van der Waals surface area contributed by atoms with E-state index >= 15 is 0 Å². The molecule has 0 aliphatic carbocycles. The molecule has 2 rings (SSSR count). The van der Waals surface area contributed by atoms with Crippen LogP contribution >= 0.6 is 0 Å². The van der Waals surface area contributed by atoms with Crippen LogP contribution in [0.5, 0.6) is 0 Å². The van der Waals surface area contributed by atoms with E-state index in [4.69, 9.17) is 0 Å². The van der Waals surface area contributed by atoms with Gasteiger partial charge in [-0.1, -0.05) is 30.3 Å². The van der Waals surface area contributed by atoms with Gasteiger partial charge >= 0.3 is 0 Å². The first-order valence-electron chi connectivity index (χ1n) is 5.64. The van der Waals surface area contributed by atoms with Crippen molar-refractivity contribution in [2.24, 2.45) is 0 Å². The molecule has 1 atom stereocenters. The Morgan fingerprint density at radius 3 is 2.29 bits per heavy atom. The minimum absolute atomic E-state index is 0.258. The van der Waals surface area contributed by atoms with Crippen LogP contribution in [0.25, 0.3) is 10.8 Å². The Kier molecular flexibility index (Phi) is 3.20. The molecule has 2 aromatic rings. The Hall–Kier alpha value is -1.35. The first kappa shape index (κ1) is 12.1. The number of hydrogen-bond donors (Lipinski definition) is 1. The van der Waals surface area contributed by atoms with Crippen LogP contribution in [0.3, 0.4) is 0 Å². The fourth-order valence-electron chi connectivity index (χ4n) is 1.51. The highest BCUT2D eigenvalue weighted by atomic mass is 32.2. The van der Waals surface area contributed by atoms with Crippen molar-refractivity contribution in [3.05, 3.63) is 42.5 Å². The average molecular weight is 247 g/mol. The Balaban J connectivity index is 2.29. The van der Waals surface area contributed by atoms with Crippen molar-refractivity contribution in [3.8, 4) is 0 Å². The smallest absolute Gasteiger partial charge is 0.122 e. The molecule has 2 aromatic carbocycles. The molecule has 2 nitrogen and oxygen atoms in total. The lowest BCUT2D eigenvalue weighted by Gasteiger charge is -2.18. The van der Waals surface area contributed by atoms with Crippen LogP contribution in [-0.4, -0.2) is 8.96 Å². The summed E-state index contributed by atoms with van der Waals surface area (Å²) in [5.74, 6) is 0. The van der Waals surface area contributed by atoms with E-state index in [2.05, 4.69) is 16.9 Å². The van der Waals surface area contributed by atoms with E-state index in [0.717, 1.165) is 11.1 Å². The van der Waals surface area contributed by atoms with Gasteiger partial charge in [-0.05, 0) is 43.7 Å². The highest BCUT2D eigenvalue weighted by Gasteiger charge is 2.19. The van der Waals surface area contributed by atoms with Crippen LogP contribution in [0.4, 0.5) is 5.69 Å². The van der Waals surface area contributed by atoms with E-state index in [1.165, 1.54) is 5.39 Å². The normalized spacial score (nSPS) is 13.6. The van der Waals surface area contributed by atoms with Crippen LogP contribution in [-0.2, 0) is 11.0 Å². The fourth-order valence-corrected chi connectivity index (χ4v) is 2.16. The van der Waals surface area contributed by atoms with Crippen LogP contribution in [0.2, 0.25) is 0 Å². The molecule has 0 fully saturated rings. The van der Waals surface area contributed by atoms with Crippen molar-refractivity contribution in [3.63, 3.8) is 0 Å². The lowest BCUT2D eigenvalue weighted by Crippen LogP contribution is -2.27. The van der Waals surface area contributed by atoms with Crippen LogP contribution in [0, 0.1) is 0 Å². The van der Waals surface area contributed by atoms with Crippen molar-refractivity contribution in [1.29, 1.82) is 0 Å². The molecule has 0 amide bonds. The van der Waals surface area contributed by atoms with Crippen molar-refractivity contribution in [1.82, 2.24) is 0 Å². The Morgan fingerprint density at radius 1 is 1.00 bits per heavy atom. The summed E-state index contributed by atoms with van der Waals surface area (Å²) in [7, 11) is -1.08. The Labute approximate surface area is 105 Å². The lowest BCUT2D eigenvalue weighted by molar-refractivity contribution is 0.653. The molecule has 0 aliphatic rings. The standard InChI is InChI=1S/C14H17NOS/c1-14(2,3)17(16)15-13-9-8-11-6-4-5-7-12(11)10-13/h4-10,15H,1-3H3/t17-/m1/s1. The molecule has 0 radical (unpaired) electrons. The summed E-state index contributed by atoms with van der Waals surface area (Å²) in [6.45, 7) is 5.87. The van der Waals surface area contributed by atoms with Gasteiger partial charge in [-0.15, -0.1) is 0 Å². The maximum absolute atomic E-state index is 12.0. The van der Waals surface area contributed by atoms with Crippen molar-refractivity contribution < 1.29 is 4.21 Å². The molecular weight excluding hydrogens is 230 g/mol. The van der Waals surface area contributed by atoms with Gasteiger partial charge in [0.1, 0.15) is 11.0 Å². The van der Waals surface area contributed by atoms with Crippen molar-refractivity contribution in [2.45, 2.75) is 25.5 Å². The van der Waals surface area contributed by atoms with Gasteiger partial charge in [0.05, 0.1) is 4.75 Å². The summed E-state index contributed by atoms with van der Waals surface area (Å²) in [5.41, 5.74) is 0.900. The quantitative estimate of drug-likeness (QED) is 0.861. The number of nitrogens with one attached hydrogen (secondary N) is 1. The zero-order valence-electron chi connectivity index (χ0n) is 10.4. The Morgan fingerprint density at radius 2 is 1.65 bits per heavy atom. The zero-order chi connectivity index (χ0) is 12.5. The molecule has 0 aliphatic heterocycles. The second kappa shape index (κ2) is 4.49. The molecule has 0 spiro atoms. The third kappa shape index (κ3) is 2.86. The predicted molar refractivity (Wildman–Crippen MR) is 75.5 cm³/mol. The summed E-state index contributed by atoms with van der Waals surface area (Å²) in [4.78, 5) is 0. The molecule has 0 aromatic heterocycles. The first-order chi connectivity index (χ1) is 7.97. The summed E-state index contributed by atoms with van der Waals surface area (Å²) < 4.78 is 14.8. The molecule has 3 heteroatoms. The number of hydrogen-bond acceptors (Lipinski definition) is 1. The minimum atomic E-state index is -1.08. The van der Waals surface area contributed by atoms with Gasteiger partial charge in [0.15, 0.2) is 0 Å². The van der Waals surface area contributed by atoms with Crippen molar-refractivity contribution in [2.75, 3.05) is 4.72 Å². The van der Waals surface area contributed by atoms with E-state index in [1.807, 2.05) is 51.1 Å². The van der Waals surface area contributed by atoms with Crippen LogP contribution < -0.4 is 4.72 Å². The monoisotopic (exact) mass is 247 g/mol. The number of rotatable bonds is 2. The number of fused-ring (bicyclic) bond motifs is 1. The van der Waals surface area contributed by atoms with Crippen LogP contribution in [0.15, 0.2) is 42.5 Å². The van der Waals surface area contributed by atoms with E-state index in [0.29, 0.717) is 0 Å². The van der Waals surface area contributed by atoms with E-state index in [9.17, 15) is 4.21 Å². The minimum Gasteiger partial charge on any atom is -0.305 e. The van der Waals surface area contributed by atoms with Gasteiger partial charge < -0.3 is 4.72 Å². The molecule has 0 heterocycles. The number of benzene rings is 2. The second-order valence-corrected chi connectivity index (χ2v) is 7.01. The molecule has 0 saturated carbocycles. The molecule has 0 unspecified atom stereocenters. The number of anilines is 1. The lowest BCUT2D eigenvalue weighted by atomic mass is 10.1. The molecular formula is C14H17NOS. The van der Waals surface area contributed by atoms with Gasteiger partial charge in [0.2, 0.25) is 0 Å². The molecule has 90 valence electrons. The average Bonchev–Trinajstić information content (AvgIpc) is 2.27. The molecule has 1 N–H and O–H groups in total. The first-order valence-corrected chi connectivity index (χ1v) is 6.79. The summed E-state index contributed by atoms with van der Waals surface area (Å²) >= 11 is 0. The van der Waals surface area contributed by atoms with E-state index in [-0.39, 0.29) is 4.75 Å². The molecule has 0 saturated heterocycles. The fraction of sp³-hybridized carbons (Fsp3) is 0.286. The third-order valence-electron chi connectivity index (χ3n) is 2.52. The zero-order valence-corrected chi connectivity index (χ0v) is 11.2. The highest BCUT2D eigenvalue weighted by molar-refractivity contribution is 7.87. The van der Waals surface area contributed by atoms with Gasteiger partial charge in [0, 0.05) is 5.69 Å². The van der Waals surface area contributed by atoms with Gasteiger partial charge in [-0.25, -0.2) is 4.21 Å². The van der Waals surface area contributed by atoms with Gasteiger partial charge in [0.25, 0.3) is 0 Å². The van der Waals surface area contributed by atoms with Crippen LogP contribution in [0.1, 0.15) is 20.8 Å². The van der Waals surface area contributed by atoms with Gasteiger partial charge in [-0.3, -0.25) is 0 Å². The topological polar surface area (TPSA) is 29.1 Å². The maximum Gasteiger partial charge on any atom is 0.122 e. The van der Waals surface area contributed by atoms with Crippen molar-refractivity contribution >= 4 is 27.4 Å². The van der Waals surface area contributed by atoms with E-state index < -0.39 is 11.0 Å². The van der Waals surface area contributed by atoms with Gasteiger partial charge in [-0.2, -0.15) is 0 Å². The SMILES string of the molecule is CC(C)(C)[S@@](=O)Nc1ccc2ccccc2c1. The summed E-state index contributed by atoms with van der Waals surface area (Å²) in [6.07, 6.45) is 0. The summed E-state index contributed by atoms with van der Waals surface area (Å²) in [5, 5.41) is 2.35. The third-order valence-corrected chi connectivity index (χ3v) is 4.05. The molecule has 0 bridgehead atoms. The second-order valence-electron chi connectivity index (χ2n) is 5.05.